The molecule has 1 heterocycles. The maximum absolute atomic E-state index is 4.65. The van der Waals surface area contributed by atoms with Crippen molar-refractivity contribution in [2.75, 3.05) is 13.1 Å². The molecule has 112 valence electrons. The molecule has 1 rings (SSSR count). The Labute approximate surface area is 120 Å². The molecule has 3 nitrogen and oxygen atoms in total. The fourth-order valence-electron chi connectivity index (χ4n) is 2.82. The Balaban J connectivity index is 2.58. The number of hydrogen-bond donors (Lipinski definition) is 0. The molecule has 0 saturated heterocycles. The van der Waals surface area contributed by atoms with Crippen LogP contribution in [-0.4, -0.2) is 35.5 Å². The van der Waals surface area contributed by atoms with Gasteiger partial charge in [-0.3, -0.25) is 5.01 Å². The van der Waals surface area contributed by atoms with Crippen LogP contribution >= 0.6 is 0 Å². The average molecular weight is 267 g/mol. The van der Waals surface area contributed by atoms with Gasteiger partial charge in [-0.25, -0.2) is 0 Å². The van der Waals surface area contributed by atoms with Crippen molar-refractivity contribution < 1.29 is 0 Å². The highest BCUT2D eigenvalue weighted by Gasteiger charge is 2.37. The molecule has 0 aromatic heterocycles. The summed E-state index contributed by atoms with van der Waals surface area (Å²) >= 11 is 0. The molecule has 19 heavy (non-hydrogen) atoms. The monoisotopic (exact) mass is 267 g/mol. The molecular weight excluding hydrogens is 234 g/mol. The Morgan fingerprint density at radius 1 is 1.16 bits per heavy atom. The number of hydrazone groups is 1. The lowest BCUT2D eigenvalue weighted by molar-refractivity contribution is 0.0308. The molecule has 3 heteroatoms. The van der Waals surface area contributed by atoms with E-state index < -0.39 is 0 Å². The highest BCUT2D eigenvalue weighted by Crippen LogP contribution is 2.30. The van der Waals surface area contributed by atoms with E-state index in [0.717, 1.165) is 13.1 Å². The molecule has 0 fully saturated rings. The predicted octanol–water partition coefficient (Wildman–Crippen LogP) is 4.16. The highest BCUT2D eigenvalue weighted by atomic mass is 15.6. The predicted molar refractivity (Wildman–Crippen MR) is 84.1 cm³/mol. The van der Waals surface area contributed by atoms with Crippen molar-refractivity contribution in [2.24, 2.45) is 16.4 Å². The smallest absolute Gasteiger partial charge is 0.124 e. The van der Waals surface area contributed by atoms with Crippen molar-refractivity contribution >= 4 is 6.34 Å². The number of hydrogen-bond acceptors (Lipinski definition) is 3. The minimum atomic E-state index is 0.232. The molecule has 0 aromatic rings. The number of unbranched alkanes of at least 4 members (excludes halogenated alkanes) is 3. The molecule has 0 saturated carbocycles. The summed E-state index contributed by atoms with van der Waals surface area (Å²) in [6.45, 7) is 15.9. The lowest BCUT2D eigenvalue weighted by Gasteiger charge is -2.40. The molecule has 1 unspecified atom stereocenters. The van der Waals surface area contributed by atoms with Crippen LogP contribution in [0.1, 0.15) is 67.2 Å². The molecule has 0 spiro atoms. The van der Waals surface area contributed by atoms with E-state index in [1.165, 1.54) is 25.7 Å². The van der Waals surface area contributed by atoms with Crippen LogP contribution in [0.2, 0.25) is 0 Å². The molecule has 1 aliphatic rings. The fraction of sp³-hybridized carbons (Fsp3) is 0.938. The van der Waals surface area contributed by atoms with Crippen LogP contribution in [0.5, 0.6) is 0 Å². The van der Waals surface area contributed by atoms with Crippen LogP contribution < -0.4 is 0 Å². The van der Waals surface area contributed by atoms with Crippen LogP contribution in [0.15, 0.2) is 5.10 Å². The average Bonchev–Trinajstić information content (AvgIpc) is 2.66. The molecule has 1 atom stereocenters. The van der Waals surface area contributed by atoms with Gasteiger partial charge in [0.25, 0.3) is 0 Å². The van der Waals surface area contributed by atoms with E-state index in [1.54, 1.807) is 0 Å². The quantitative estimate of drug-likeness (QED) is 0.645. The van der Waals surface area contributed by atoms with Crippen LogP contribution in [0.25, 0.3) is 0 Å². The van der Waals surface area contributed by atoms with Gasteiger partial charge in [-0.1, -0.05) is 60.8 Å². The second kappa shape index (κ2) is 7.16. The summed E-state index contributed by atoms with van der Waals surface area (Å²) in [6, 6.07) is 0. The van der Waals surface area contributed by atoms with Gasteiger partial charge in [0.15, 0.2) is 0 Å². The summed E-state index contributed by atoms with van der Waals surface area (Å²) in [5.41, 5.74) is 0.232. The van der Waals surface area contributed by atoms with Gasteiger partial charge in [0.1, 0.15) is 12.5 Å². The van der Waals surface area contributed by atoms with Crippen molar-refractivity contribution in [1.29, 1.82) is 0 Å². The molecule has 0 aliphatic carbocycles. The van der Waals surface area contributed by atoms with E-state index in [4.69, 9.17) is 0 Å². The first-order valence-corrected chi connectivity index (χ1v) is 7.92. The van der Waals surface area contributed by atoms with Gasteiger partial charge in [0.05, 0.1) is 0 Å². The number of rotatable bonds is 7. The van der Waals surface area contributed by atoms with Gasteiger partial charge in [0, 0.05) is 18.5 Å². The Hall–Kier alpha value is -0.730. The van der Waals surface area contributed by atoms with Gasteiger partial charge in [0.2, 0.25) is 0 Å². The summed E-state index contributed by atoms with van der Waals surface area (Å²) in [6.07, 6.45) is 7.68. The van der Waals surface area contributed by atoms with E-state index in [2.05, 4.69) is 62.9 Å². The summed E-state index contributed by atoms with van der Waals surface area (Å²) in [4.78, 5) is 2.42. The first-order valence-electron chi connectivity index (χ1n) is 7.92. The normalized spacial score (nSPS) is 19.8. The van der Waals surface area contributed by atoms with Crippen molar-refractivity contribution in [1.82, 2.24) is 9.91 Å². The molecule has 1 aliphatic heterocycles. The van der Waals surface area contributed by atoms with Crippen LogP contribution in [0, 0.1) is 11.3 Å². The van der Waals surface area contributed by atoms with Gasteiger partial charge in [-0.05, 0) is 12.3 Å². The maximum atomic E-state index is 4.65. The topological polar surface area (TPSA) is 18.8 Å². The highest BCUT2D eigenvalue weighted by molar-refractivity contribution is 5.57. The van der Waals surface area contributed by atoms with Gasteiger partial charge in [-0.15, -0.1) is 0 Å². The Morgan fingerprint density at radius 3 is 2.37 bits per heavy atom. The third-order valence-corrected chi connectivity index (χ3v) is 3.54. The van der Waals surface area contributed by atoms with Crippen LogP contribution in [-0.2, 0) is 0 Å². The summed E-state index contributed by atoms with van der Waals surface area (Å²) in [5, 5.41) is 6.95. The molecule has 0 radical (unpaired) electrons. The lowest BCUT2D eigenvalue weighted by atomic mass is 9.90. The van der Waals surface area contributed by atoms with Gasteiger partial charge < -0.3 is 4.90 Å². The largest absolute Gasteiger partial charge is 0.339 e. The lowest BCUT2D eigenvalue weighted by Crippen LogP contribution is -2.49. The standard InChI is InChI=1S/C16H33N3/c1-7-8-9-10-11-19-15(16(4,5)6)18(13-17-19)12-14(2)3/h13-15H,7-12H2,1-6H3. The molecular formula is C16H33N3. The van der Waals surface area contributed by atoms with E-state index in [0.29, 0.717) is 12.1 Å². The molecule has 0 amide bonds. The first-order chi connectivity index (χ1) is 8.86. The minimum Gasteiger partial charge on any atom is -0.339 e. The summed E-state index contributed by atoms with van der Waals surface area (Å²) in [7, 11) is 0. The second-order valence-corrected chi connectivity index (χ2v) is 7.29. The third-order valence-electron chi connectivity index (χ3n) is 3.54. The number of nitrogens with zero attached hydrogens (tertiary/aromatic N) is 3. The molecule has 0 bridgehead atoms. The maximum Gasteiger partial charge on any atom is 0.124 e. The van der Waals surface area contributed by atoms with Crippen molar-refractivity contribution in [3.8, 4) is 0 Å². The Morgan fingerprint density at radius 2 is 1.84 bits per heavy atom. The summed E-state index contributed by atoms with van der Waals surface area (Å²) in [5.74, 6) is 0.677. The van der Waals surface area contributed by atoms with Crippen LogP contribution in [0.4, 0.5) is 0 Å². The van der Waals surface area contributed by atoms with E-state index >= 15 is 0 Å². The van der Waals surface area contributed by atoms with E-state index in [1.807, 2.05) is 0 Å². The Kier molecular flexibility index (Phi) is 6.15. The Bertz CT molecular complexity index is 278. The van der Waals surface area contributed by atoms with E-state index in [9.17, 15) is 0 Å². The van der Waals surface area contributed by atoms with Crippen molar-refractivity contribution in [3.05, 3.63) is 0 Å². The van der Waals surface area contributed by atoms with E-state index in [-0.39, 0.29) is 5.41 Å². The third kappa shape index (κ3) is 5.04. The minimum absolute atomic E-state index is 0.232. The van der Waals surface area contributed by atoms with Gasteiger partial charge in [-0.2, -0.15) is 5.10 Å². The fourth-order valence-corrected chi connectivity index (χ4v) is 2.82. The molecule has 0 aromatic carbocycles. The SMILES string of the molecule is CCCCCCN1N=CN(CC(C)C)C1C(C)(C)C. The zero-order valence-electron chi connectivity index (χ0n) is 13.8. The zero-order chi connectivity index (χ0) is 14.5. The summed E-state index contributed by atoms with van der Waals surface area (Å²) < 4.78 is 0. The zero-order valence-corrected chi connectivity index (χ0v) is 13.8. The second-order valence-electron chi connectivity index (χ2n) is 7.29. The van der Waals surface area contributed by atoms with Crippen LogP contribution in [0.3, 0.4) is 0 Å². The van der Waals surface area contributed by atoms with Crippen molar-refractivity contribution in [3.63, 3.8) is 0 Å². The molecule has 0 N–H and O–H groups in total. The van der Waals surface area contributed by atoms with Crippen molar-refractivity contribution in [2.45, 2.75) is 73.4 Å². The van der Waals surface area contributed by atoms with Gasteiger partial charge >= 0.3 is 0 Å². The first kappa shape index (κ1) is 16.3.